The summed E-state index contributed by atoms with van der Waals surface area (Å²) in [6.45, 7) is 2.58. The first kappa shape index (κ1) is 7.98. The summed E-state index contributed by atoms with van der Waals surface area (Å²) in [4.78, 5) is 0. The molecule has 0 radical (unpaired) electrons. The molecule has 3 heteroatoms. The Kier molecular flexibility index (Phi) is 2.65. The Morgan fingerprint density at radius 2 is 2.40 bits per heavy atom. The summed E-state index contributed by atoms with van der Waals surface area (Å²) in [5, 5.41) is 18.0. The van der Waals surface area contributed by atoms with Gasteiger partial charge in [0.05, 0.1) is 12.2 Å². The van der Waals surface area contributed by atoms with E-state index < -0.39 is 0 Å². The molecule has 3 nitrogen and oxygen atoms in total. The highest BCUT2D eigenvalue weighted by Gasteiger charge is 2.30. The van der Waals surface area contributed by atoms with Gasteiger partial charge in [-0.05, 0) is 6.42 Å². The lowest BCUT2D eigenvalue weighted by molar-refractivity contribution is -0.00946. The Morgan fingerprint density at radius 1 is 1.70 bits per heavy atom. The summed E-state index contributed by atoms with van der Waals surface area (Å²) in [7, 11) is 0. The van der Waals surface area contributed by atoms with Crippen molar-refractivity contribution in [1.29, 1.82) is 0 Å². The third-order valence-electron chi connectivity index (χ3n) is 1.95. The molecule has 0 aliphatic carbocycles. The van der Waals surface area contributed by atoms with E-state index in [4.69, 9.17) is 9.84 Å². The van der Waals surface area contributed by atoms with E-state index in [1.807, 2.05) is 6.92 Å². The van der Waals surface area contributed by atoms with E-state index in [2.05, 4.69) is 0 Å². The molecule has 2 N–H and O–H groups in total. The van der Waals surface area contributed by atoms with Gasteiger partial charge in [0.15, 0.2) is 0 Å². The first-order chi connectivity index (χ1) is 4.75. The second-order valence-corrected chi connectivity index (χ2v) is 2.85. The van der Waals surface area contributed by atoms with E-state index in [-0.39, 0.29) is 24.7 Å². The zero-order chi connectivity index (χ0) is 7.56. The molecule has 1 aliphatic rings. The van der Waals surface area contributed by atoms with E-state index in [0.717, 1.165) is 0 Å². The van der Waals surface area contributed by atoms with Gasteiger partial charge in [-0.15, -0.1) is 0 Å². The molecule has 3 unspecified atom stereocenters. The molecule has 3 atom stereocenters. The third kappa shape index (κ3) is 1.48. The average molecular weight is 146 g/mol. The summed E-state index contributed by atoms with van der Waals surface area (Å²) >= 11 is 0. The number of hydrogen-bond acceptors (Lipinski definition) is 3. The highest BCUT2D eigenvalue weighted by molar-refractivity contribution is 4.79. The van der Waals surface area contributed by atoms with Crippen molar-refractivity contribution >= 4 is 0 Å². The van der Waals surface area contributed by atoms with E-state index >= 15 is 0 Å². The highest BCUT2D eigenvalue weighted by Crippen LogP contribution is 2.20. The molecule has 1 rings (SSSR count). The Balaban J connectivity index is 2.38. The topological polar surface area (TPSA) is 49.7 Å². The van der Waals surface area contributed by atoms with E-state index in [1.54, 1.807) is 0 Å². The van der Waals surface area contributed by atoms with Gasteiger partial charge in [-0.2, -0.15) is 0 Å². The van der Waals surface area contributed by atoms with Gasteiger partial charge in [0.2, 0.25) is 0 Å². The van der Waals surface area contributed by atoms with Gasteiger partial charge in [0, 0.05) is 19.1 Å². The Hall–Kier alpha value is -0.120. The molecule has 1 saturated heterocycles. The molecule has 0 saturated carbocycles. The van der Waals surface area contributed by atoms with Crippen molar-refractivity contribution in [1.82, 2.24) is 0 Å². The van der Waals surface area contributed by atoms with Crippen LogP contribution in [-0.4, -0.2) is 35.6 Å². The summed E-state index contributed by atoms with van der Waals surface area (Å²) < 4.78 is 5.21. The average Bonchev–Trinajstić information content (AvgIpc) is 2.34. The SMILES string of the molecule is CC(CO)C1OCCC1O. The van der Waals surface area contributed by atoms with Crippen molar-refractivity contribution in [3.63, 3.8) is 0 Å². The largest absolute Gasteiger partial charge is 0.396 e. The number of aliphatic hydroxyl groups excluding tert-OH is 2. The van der Waals surface area contributed by atoms with E-state index in [9.17, 15) is 5.11 Å². The molecular formula is C7H14O3. The molecule has 1 aliphatic heterocycles. The molecule has 10 heavy (non-hydrogen) atoms. The lowest BCUT2D eigenvalue weighted by Gasteiger charge is -2.18. The van der Waals surface area contributed by atoms with Crippen molar-refractivity contribution < 1.29 is 14.9 Å². The fourth-order valence-corrected chi connectivity index (χ4v) is 1.25. The Morgan fingerprint density at radius 3 is 2.80 bits per heavy atom. The summed E-state index contributed by atoms with van der Waals surface area (Å²) in [6.07, 6.45) is 0.182. The fourth-order valence-electron chi connectivity index (χ4n) is 1.25. The van der Waals surface area contributed by atoms with Crippen LogP contribution >= 0.6 is 0 Å². The van der Waals surface area contributed by atoms with Crippen LogP contribution < -0.4 is 0 Å². The molecular weight excluding hydrogens is 132 g/mol. The van der Waals surface area contributed by atoms with Crippen LogP contribution in [0.3, 0.4) is 0 Å². The van der Waals surface area contributed by atoms with Crippen molar-refractivity contribution in [2.45, 2.75) is 25.6 Å². The second kappa shape index (κ2) is 3.32. The summed E-state index contributed by atoms with van der Waals surface area (Å²) in [6, 6.07) is 0. The number of hydrogen-bond donors (Lipinski definition) is 2. The molecule has 0 aromatic rings. The predicted molar refractivity (Wildman–Crippen MR) is 36.6 cm³/mol. The van der Waals surface area contributed by atoms with Gasteiger partial charge in [0.25, 0.3) is 0 Å². The highest BCUT2D eigenvalue weighted by atomic mass is 16.5. The van der Waals surface area contributed by atoms with Crippen molar-refractivity contribution in [3.8, 4) is 0 Å². The van der Waals surface area contributed by atoms with Crippen LogP contribution in [0.25, 0.3) is 0 Å². The van der Waals surface area contributed by atoms with Gasteiger partial charge in [-0.25, -0.2) is 0 Å². The second-order valence-electron chi connectivity index (χ2n) is 2.85. The quantitative estimate of drug-likeness (QED) is 0.565. The standard InChI is InChI=1S/C7H14O3/c1-5(4-8)7-6(9)2-3-10-7/h5-9H,2-4H2,1H3. The third-order valence-corrected chi connectivity index (χ3v) is 1.95. The maximum Gasteiger partial charge on any atom is 0.0882 e. The smallest absolute Gasteiger partial charge is 0.0882 e. The lowest BCUT2D eigenvalue weighted by atomic mass is 10.0. The number of ether oxygens (including phenoxy) is 1. The van der Waals surface area contributed by atoms with E-state index in [0.29, 0.717) is 13.0 Å². The normalized spacial score (nSPS) is 36.3. The van der Waals surface area contributed by atoms with Gasteiger partial charge in [-0.3, -0.25) is 0 Å². The van der Waals surface area contributed by atoms with Gasteiger partial charge in [-0.1, -0.05) is 6.92 Å². The van der Waals surface area contributed by atoms with Gasteiger partial charge >= 0.3 is 0 Å². The molecule has 0 aromatic carbocycles. The number of rotatable bonds is 2. The minimum Gasteiger partial charge on any atom is -0.396 e. The summed E-state index contributed by atoms with van der Waals surface area (Å²) in [5.74, 6) is 0.0532. The first-order valence-electron chi connectivity index (χ1n) is 3.66. The molecule has 1 fully saturated rings. The maximum atomic E-state index is 9.25. The monoisotopic (exact) mass is 146 g/mol. The molecule has 0 bridgehead atoms. The summed E-state index contributed by atoms with van der Waals surface area (Å²) in [5.41, 5.74) is 0. The van der Waals surface area contributed by atoms with Crippen molar-refractivity contribution in [2.75, 3.05) is 13.2 Å². The minimum atomic E-state index is -0.373. The predicted octanol–water partition coefficient (Wildman–Crippen LogP) is -0.235. The van der Waals surface area contributed by atoms with Crippen LogP contribution in [0.4, 0.5) is 0 Å². The number of aliphatic hydroxyl groups is 2. The molecule has 1 heterocycles. The van der Waals surface area contributed by atoms with E-state index in [1.165, 1.54) is 0 Å². The van der Waals surface area contributed by atoms with Crippen molar-refractivity contribution in [3.05, 3.63) is 0 Å². The van der Waals surface area contributed by atoms with Crippen LogP contribution in [0.5, 0.6) is 0 Å². The molecule has 0 amide bonds. The van der Waals surface area contributed by atoms with Crippen molar-refractivity contribution in [2.24, 2.45) is 5.92 Å². The minimum absolute atomic E-state index is 0.0532. The van der Waals surface area contributed by atoms with Crippen LogP contribution in [0.1, 0.15) is 13.3 Å². The molecule has 0 spiro atoms. The zero-order valence-electron chi connectivity index (χ0n) is 6.16. The van der Waals surface area contributed by atoms with Gasteiger partial charge in [0.1, 0.15) is 0 Å². The first-order valence-corrected chi connectivity index (χ1v) is 3.66. The Bertz CT molecular complexity index is 105. The Labute approximate surface area is 60.6 Å². The van der Waals surface area contributed by atoms with Crippen LogP contribution in [0, 0.1) is 5.92 Å². The van der Waals surface area contributed by atoms with Gasteiger partial charge < -0.3 is 14.9 Å². The van der Waals surface area contributed by atoms with Crippen LogP contribution in [0.15, 0.2) is 0 Å². The molecule has 60 valence electrons. The zero-order valence-corrected chi connectivity index (χ0v) is 6.16. The van der Waals surface area contributed by atoms with Crippen LogP contribution in [0.2, 0.25) is 0 Å². The lowest BCUT2D eigenvalue weighted by Crippen LogP contribution is -2.30. The molecule has 0 aromatic heterocycles. The fraction of sp³-hybridized carbons (Fsp3) is 1.00. The maximum absolute atomic E-state index is 9.25. The van der Waals surface area contributed by atoms with Crippen LogP contribution in [-0.2, 0) is 4.74 Å².